The van der Waals surface area contributed by atoms with Gasteiger partial charge in [0.25, 0.3) is 0 Å². The Balaban J connectivity index is 0.00000280. The van der Waals surface area contributed by atoms with Crippen LogP contribution in [-0.2, 0) is 26.9 Å². The van der Waals surface area contributed by atoms with Crippen LogP contribution in [0, 0.1) is 20.8 Å². The molecule has 8 heteroatoms. The number of azo groups is 1. The molecule has 0 amide bonds. The second-order valence-electron chi connectivity index (χ2n) is 6.65. The van der Waals surface area contributed by atoms with Gasteiger partial charge in [-0.3, -0.25) is 0 Å². The van der Waals surface area contributed by atoms with Crippen LogP contribution in [0.2, 0.25) is 0 Å². The fourth-order valence-corrected chi connectivity index (χ4v) is 3.70. The van der Waals surface area contributed by atoms with Crippen LogP contribution in [-0.4, -0.2) is 14.7 Å². The standard InChI is InChI=1S/C20H20N2O4S.Cu/c1-11-7-12(2)18-14(8-11)9-13(3)19(20(18)24)22-21-16-10-15(27(4,25)26)5-6-17(16)23;/h5-10,23-24H,1-4H3;/p-2. The van der Waals surface area contributed by atoms with Crippen LogP contribution in [0.15, 0.2) is 51.5 Å². The summed E-state index contributed by atoms with van der Waals surface area (Å²) >= 11 is 0. The van der Waals surface area contributed by atoms with Gasteiger partial charge in [-0.15, -0.1) is 0 Å². The SMILES string of the molecule is Cc1cc(C)c2c([O-])c(N=Nc3cc(S(C)(=O)=O)ccc3[O-])c(C)cc2c1.[Cu]. The molecular formula is C20H18CuN2O4S-2. The fraction of sp³-hybridized carbons (Fsp3) is 0.200. The van der Waals surface area contributed by atoms with E-state index in [1.165, 1.54) is 6.07 Å². The van der Waals surface area contributed by atoms with Crippen molar-refractivity contribution in [1.82, 2.24) is 0 Å². The molecule has 0 saturated carbocycles. The van der Waals surface area contributed by atoms with Gasteiger partial charge in [0.15, 0.2) is 9.84 Å². The van der Waals surface area contributed by atoms with Crippen LogP contribution in [0.4, 0.5) is 11.4 Å². The summed E-state index contributed by atoms with van der Waals surface area (Å²) in [5.41, 5.74) is 2.54. The Bertz CT molecular complexity index is 1200. The Kier molecular flexibility index (Phi) is 6.18. The Morgan fingerprint density at radius 1 is 0.893 bits per heavy atom. The topological polar surface area (TPSA) is 105 Å². The maximum Gasteiger partial charge on any atom is 0.175 e. The first-order valence-corrected chi connectivity index (χ1v) is 10.1. The van der Waals surface area contributed by atoms with Crippen molar-refractivity contribution in [2.75, 3.05) is 6.26 Å². The molecule has 0 unspecified atom stereocenters. The van der Waals surface area contributed by atoms with Crippen molar-refractivity contribution in [3.05, 3.63) is 53.1 Å². The van der Waals surface area contributed by atoms with Crippen molar-refractivity contribution in [3.63, 3.8) is 0 Å². The third-order valence-electron chi connectivity index (χ3n) is 4.31. The van der Waals surface area contributed by atoms with Gasteiger partial charge in [0.05, 0.1) is 16.3 Å². The van der Waals surface area contributed by atoms with E-state index in [1.54, 1.807) is 6.92 Å². The largest absolute Gasteiger partial charge is 0.871 e. The average Bonchev–Trinajstić information content (AvgIpc) is 2.54. The molecule has 0 atom stereocenters. The van der Waals surface area contributed by atoms with E-state index < -0.39 is 15.6 Å². The van der Waals surface area contributed by atoms with Crippen molar-refractivity contribution in [3.8, 4) is 11.5 Å². The monoisotopic (exact) mass is 445 g/mol. The predicted molar refractivity (Wildman–Crippen MR) is 101 cm³/mol. The van der Waals surface area contributed by atoms with E-state index in [1.807, 2.05) is 32.0 Å². The van der Waals surface area contributed by atoms with Gasteiger partial charge in [0.1, 0.15) is 0 Å². The normalized spacial score (nSPS) is 11.7. The molecule has 0 saturated heterocycles. The Morgan fingerprint density at radius 2 is 1.57 bits per heavy atom. The van der Waals surface area contributed by atoms with Crippen LogP contribution < -0.4 is 10.2 Å². The molecule has 3 aromatic carbocycles. The number of fused-ring (bicyclic) bond motifs is 1. The van der Waals surface area contributed by atoms with Crippen molar-refractivity contribution in [1.29, 1.82) is 0 Å². The van der Waals surface area contributed by atoms with Gasteiger partial charge in [0, 0.05) is 23.3 Å². The van der Waals surface area contributed by atoms with Crippen LogP contribution in [0.5, 0.6) is 11.5 Å². The predicted octanol–water partition coefficient (Wildman–Crippen LogP) is 3.73. The smallest absolute Gasteiger partial charge is 0.175 e. The van der Waals surface area contributed by atoms with Gasteiger partial charge < -0.3 is 10.2 Å². The summed E-state index contributed by atoms with van der Waals surface area (Å²) in [5, 5.41) is 34.1. The van der Waals surface area contributed by atoms with E-state index >= 15 is 0 Å². The zero-order valence-electron chi connectivity index (χ0n) is 15.7. The summed E-state index contributed by atoms with van der Waals surface area (Å²) in [6.45, 7) is 5.57. The molecule has 0 bridgehead atoms. The first kappa shape index (κ1) is 21.9. The fourth-order valence-electron chi connectivity index (χ4n) is 3.06. The van der Waals surface area contributed by atoms with Gasteiger partial charge in [-0.1, -0.05) is 35.3 Å². The van der Waals surface area contributed by atoms with Gasteiger partial charge in [-0.2, -0.15) is 10.2 Å². The second kappa shape index (κ2) is 7.91. The minimum atomic E-state index is -3.48. The molecular weight excluding hydrogens is 428 g/mol. The van der Waals surface area contributed by atoms with Crippen molar-refractivity contribution >= 4 is 32.0 Å². The molecule has 0 aliphatic carbocycles. The van der Waals surface area contributed by atoms with Gasteiger partial charge >= 0.3 is 0 Å². The number of aryl methyl sites for hydroxylation is 3. The third-order valence-corrected chi connectivity index (χ3v) is 5.42. The Morgan fingerprint density at radius 3 is 2.21 bits per heavy atom. The number of nitrogens with zero attached hydrogens (tertiary/aromatic N) is 2. The molecule has 0 aliphatic rings. The first-order valence-electron chi connectivity index (χ1n) is 8.22. The molecule has 0 aliphatic heterocycles. The number of benzene rings is 3. The molecule has 151 valence electrons. The van der Waals surface area contributed by atoms with Crippen LogP contribution in [0.1, 0.15) is 16.7 Å². The Hall–Kier alpha value is -2.41. The van der Waals surface area contributed by atoms with E-state index in [4.69, 9.17) is 0 Å². The van der Waals surface area contributed by atoms with Crippen LogP contribution >= 0.6 is 0 Å². The van der Waals surface area contributed by atoms with Crippen molar-refractivity contribution in [2.24, 2.45) is 10.2 Å². The van der Waals surface area contributed by atoms with E-state index in [9.17, 15) is 18.6 Å². The van der Waals surface area contributed by atoms with Crippen LogP contribution in [0.25, 0.3) is 10.8 Å². The third kappa shape index (κ3) is 4.19. The molecule has 3 aromatic rings. The van der Waals surface area contributed by atoms with Crippen LogP contribution in [0.3, 0.4) is 0 Å². The first-order chi connectivity index (χ1) is 12.6. The van der Waals surface area contributed by atoms with E-state index in [0.717, 1.165) is 34.9 Å². The summed E-state index contributed by atoms with van der Waals surface area (Å²) in [5.74, 6) is -0.734. The zero-order chi connectivity index (χ0) is 19.9. The summed E-state index contributed by atoms with van der Waals surface area (Å²) in [7, 11) is -3.48. The summed E-state index contributed by atoms with van der Waals surface area (Å²) in [6, 6.07) is 9.23. The second-order valence-corrected chi connectivity index (χ2v) is 8.67. The van der Waals surface area contributed by atoms with E-state index in [2.05, 4.69) is 10.2 Å². The summed E-state index contributed by atoms with van der Waals surface area (Å²) in [4.78, 5) is -0.0278. The van der Waals surface area contributed by atoms with E-state index in [-0.39, 0.29) is 39.1 Å². The maximum absolute atomic E-state index is 12.9. The quantitative estimate of drug-likeness (QED) is 0.452. The van der Waals surface area contributed by atoms with Crippen molar-refractivity contribution in [2.45, 2.75) is 25.7 Å². The zero-order valence-corrected chi connectivity index (χ0v) is 17.5. The molecule has 0 spiro atoms. The van der Waals surface area contributed by atoms with Crippen molar-refractivity contribution < 1.29 is 35.7 Å². The Labute approximate surface area is 174 Å². The minimum Gasteiger partial charge on any atom is -0.871 e. The number of hydrogen-bond acceptors (Lipinski definition) is 6. The molecule has 6 nitrogen and oxygen atoms in total. The maximum atomic E-state index is 12.9. The number of sulfone groups is 1. The van der Waals surface area contributed by atoms with Gasteiger partial charge in [0.2, 0.25) is 0 Å². The molecule has 0 N–H and O–H groups in total. The van der Waals surface area contributed by atoms with Gasteiger partial charge in [-0.05, 0) is 60.9 Å². The van der Waals surface area contributed by atoms with E-state index in [0.29, 0.717) is 10.9 Å². The minimum absolute atomic E-state index is 0. The molecule has 28 heavy (non-hydrogen) atoms. The molecule has 0 fully saturated rings. The molecule has 0 aromatic heterocycles. The summed E-state index contributed by atoms with van der Waals surface area (Å²) in [6.07, 6.45) is 1.04. The number of hydrogen-bond donors (Lipinski definition) is 0. The number of rotatable bonds is 3. The molecule has 1 radical (unpaired) electrons. The molecule has 0 heterocycles. The average molecular weight is 446 g/mol. The van der Waals surface area contributed by atoms with Gasteiger partial charge in [-0.25, -0.2) is 8.42 Å². The molecule has 3 rings (SSSR count). The summed E-state index contributed by atoms with van der Waals surface area (Å²) < 4.78 is 23.3.